The smallest absolute Gasteiger partial charge is 0.410 e. The average Bonchev–Trinajstić information content (AvgIpc) is 3.17. The third-order valence-electron chi connectivity index (χ3n) is 6.26. The van der Waals surface area contributed by atoms with Crippen molar-refractivity contribution in [1.82, 2.24) is 4.90 Å². The number of rotatable bonds is 11. The van der Waals surface area contributed by atoms with E-state index in [1.807, 2.05) is 38.1 Å². The molecule has 0 heterocycles. The lowest BCUT2D eigenvalue weighted by Crippen LogP contribution is -2.39. The molecule has 1 aliphatic rings. The Morgan fingerprint density at radius 1 is 0.919 bits per heavy atom. The van der Waals surface area contributed by atoms with Gasteiger partial charge in [-0.25, -0.2) is 4.79 Å². The second-order valence-corrected chi connectivity index (χ2v) is 10.4. The third-order valence-corrected chi connectivity index (χ3v) is 6.26. The maximum atomic E-state index is 13.1. The van der Waals surface area contributed by atoms with Crippen LogP contribution in [0.3, 0.4) is 0 Å². The van der Waals surface area contributed by atoms with E-state index >= 15 is 0 Å². The van der Waals surface area contributed by atoms with Gasteiger partial charge in [0, 0.05) is 12.5 Å². The third kappa shape index (κ3) is 7.81. The van der Waals surface area contributed by atoms with E-state index in [2.05, 4.69) is 24.3 Å². The fourth-order valence-electron chi connectivity index (χ4n) is 4.49. The molecular weight excluding hydrogens is 470 g/mol. The first-order chi connectivity index (χ1) is 17.6. The van der Waals surface area contributed by atoms with E-state index in [4.69, 9.17) is 14.2 Å². The predicted octanol–water partition coefficient (Wildman–Crippen LogP) is 6.09. The van der Waals surface area contributed by atoms with Gasteiger partial charge in [-0.05, 0) is 55.9 Å². The highest BCUT2D eigenvalue weighted by Gasteiger charge is 2.30. The molecule has 7 heteroatoms. The van der Waals surface area contributed by atoms with Crippen LogP contribution >= 0.6 is 0 Å². The van der Waals surface area contributed by atoms with Gasteiger partial charge in [0.05, 0.1) is 6.42 Å². The van der Waals surface area contributed by atoms with Gasteiger partial charge in [0.15, 0.2) is 0 Å². The van der Waals surface area contributed by atoms with Crippen molar-refractivity contribution in [2.75, 3.05) is 19.7 Å². The summed E-state index contributed by atoms with van der Waals surface area (Å²) in [5.74, 6) is -1.05. The molecule has 0 saturated heterocycles. The highest BCUT2D eigenvalue weighted by molar-refractivity contribution is 5.80. The molecule has 1 atom stereocenters. The van der Waals surface area contributed by atoms with E-state index in [0.717, 1.165) is 35.1 Å². The van der Waals surface area contributed by atoms with Crippen molar-refractivity contribution in [3.63, 3.8) is 0 Å². The molecule has 3 rings (SSSR count). The number of nitrogens with zero attached hydrogens (tertiary/aromatic N) is 1. The number of hydrogen-bond donors (Lipinski definition) is 0. The SMILES string of the molecule is CCCCN(CC(=O)OC(CC)CC(=O)OC(C)(C)C)C(=O)OCC1c2ccccc2-c2ccccc21. The topological polar surface area (TPSA) is 82.1 Å². The summed E-state index contributed by atoms with van der Waals surface area (Å²) >= 11 is 0. The van der Waals surface area contributed by atoms with Crippen molar-refractivity contribution < 1.29 is 28.6 Å². The Morgan fingerprint density at radius 2 is 1.51 bits per heavy atom. The van der Waals surface area contributed by atoms with Crippen LogP contribution in [0.5, 0.6) is 0 Å². The van der Waals surface area contributed by atoms with Crippen molar-refractivity contribution >= 4 is 18.0 Å². The van der Waals surface area contributed by atoms with Crippen LogP contribution in [0.1, 0.15) is 77.3 Å². The van der Waals surface area contributed by atoms with E-state index in [1.54, 1.807) is 20.8 Å². The number of hydrogen-bond acceptors (Lipinski definition) is 6. The van der Waals surface area contributed by atoms with Gasteiger partial charge in [0.2, 0.25) is 0 Å². The normalized spacial score (nSPS) is 13.3. The zero-order valence-corrected chi connectivity index (χ0v) is 22.6. The molecule has 0 N–H and O–H groups in total. The Labute approximate surface area is 220 Å². The maximum Gasteiger partial charge on any atom is 0.410 e. The number of carbonyl (C=O) groups excluding carboxylic acids is 3. The number of carbonyl (C=O) groups is 3. The van der Waals surface area contributed by atoms with Crippen LogP contribution in [0, 0.1) is 0 Å². The summed E-state index contributed by atoms with van der Waals surface area (Å²) in [6.45, 7) is 9.55. The Bertz CT molecular complexity index is 1040. The van der Waals surface area contributed by atoms with Crippen molar-refractivity contribution in [3.8, 4) is 11.1 Å². The minimum absolute atomic E-state index is 0.0284. The van der Waals surface area contributed by atoms with Gasteiger partial charge in [-0.3, -0.25) is 14.5 Å². The minimum Gasteiger partial charge on any atom is -0.460 e. The summed E-state index contributed by atoms with van der Waals surface area (Å²) in [4.78, 5) is 39.4. The lowest BCUT2D eigenvalue weighted by atomic mass is 9.98. The number of ether oxygens (including phenoxy) is 3. The Morgan fingerprint density at radius 3 is 2.05 bits per heavy atom. The molecule has 2 aromatic rings. The molecule has 1 unspecified atom stereocenters. The highest BCUT2D eigenvalue weighted by Crippen LogP contribution is 2.44. The molecule has 0 bridgehead atoms. The first-order valence-corrected chi connectivity index (χ1v) is 13.1. The zero-order valence-electron chi connectivity index (χ0n) is 22.6. The summed E-state index contributed by atoms with van der Waals surface area (Å²) in [6.07, 6.45) is 0.861. The molecule has 0 spiro atoms. The van der Waals surface area contributed by atoms with Gasteiger partial charge in [0.1, 0.15) is 24.9 Å². The van der Waals surface area contributed by atoms with Crippen LogP contribution in [-0.2, 0) is 23.8 Å². The quantitative estimate of drug-likeness (QED) is 0.269. The number of unbranched alkanes of at least 4 members (excludes halogenated alkanes) is 1. The van der Waals surface area contributed by atoms with Crippen LogP contribution in [0.15, 0.2) is 48.5 Å². The van der Waals surface area contributed by atoms with E-state index < -0.39 is 29.7 Å². The van der Waals surface area contributed by atoms with Crippen molar-refractivity contribution in [1.29, 1.82) is 0 Å². The summed E-state index contributed by atoms with van der Waals surface area (Å²) in [7, 11) is 0. The lowest BCUT2D eigenvalue weighted by molar-refractivity contribution is -0.162. The van der Waals surface area contributed by atoms with Crippen LogP contribution in [0.2, 0.25) is 0 Å². The fraction of sp³-hybridized carbons (Fsp3) is 0.500. The molecule has 0 radical (unpaired) electrons. The van der Waals surface area contributed by atoms with E-state index in [0.29, 0.717) is 13.0 Å². The molecule has 200 valence electrons. The van der Waals surface area contributed by atoms with Crippen molar-refractivity contribution in [2.24, 2.45) is 0 Å². The van der Waals surface area contributed by atoms with Crippen LogP contribution < -0.4 is 0 Å². The maximum absolute atomic E-state index is 13.1. The number of esters is 2. The first kappa shape index (κ1) is 28.2. The van der Waals surface area contributed by atoms with Gasteiger partial charge >= 0.3 is 18.0 Å². The fourth-order valence-corrected chi connectivity index (χ4v) is 4.49. The van der Waals surface area contributed by atoms with Gasteiger partial charge < -0.3 is 14.2 Å². The molecule has 2 aromatic carbocycles. The van der Waals surface area contributed by atoms with Crippen LogP contribution in [0.4, 0.5) is 4.79 Å². The minimum atomic E-state index is -0.613. The van der Waals surface area contributed by atoms with Gasteiger partial charge in [-0.1, -0.05) is 68.8 Å². The number of benzene rings is 2. The lowest BCUT2D eigenvalue weighted by Gasteiger charge is -2.25. The van der Waals surface area contributed by atoms with Gasteiger partial charge in [0.25, 0.3) is 0 Å². The standard InChI is InChI=1S/C30H39NO6/c1-6-8-17-31(19-28(33)36-21(7-2)18-27(32)37-30(3,4)5)29(34)35-20-26-24-15-11-9-13-22(24)23-14-10-12-16-25(23)26/h9-16,21,26H,6-8,17-20H2,1-5H3. The predicted molar refractivity (Wildman–Crippen MR) is 142 cm³/mol. The molecule has 0 aliphatic heterocycles. The molecule has 1 aliphatic carbocycles. The average molecular weight is 510 g/mol. The van der Waals surface area contributed by atoms with Crippen molar-refractivity contribution in [2.45, 2.75) is 77.9 Å². The van der Waals surface area contributed by atoms with Gasteiger partial charge in [-0.2, -0.15) is 0 Å². The second kappa shape index (κ2) is 12.7. The number of amides is 1. The highest BCUT2D eigenvalue weighted by atomic mass is 16.6. The summed E-state index contributed by atoms with van der Waals surface area (Å²) in [5, 5.41) is 0. The molecule has 1 amide bonds. The molecule has 0 aromatic heterocycles. The Balaban J connectivity index is 1.61. The van der Waals surface area contributed by atoms with E-state index in [-0.39, 0.29) is 25.5 Å². The monoisotopic (exact) mass is 509 g/mol. The molecular formula is C30H39NO6. The summed E-state index contributed by atoms with van der Waals surface area (Å²) in [5.41, 5.74) is 3.95. The Kier molecular flexibility index (Phi) is 9.73. The summed E-state index contributed by atoms with van der Waals surface area (Å²) in [6, 6.07) is 16.3. The molecule has 0 saturated carbocycles. The molecule has 7 nitrogen and oxygen atoms in total. The van der Waals surface area contributed by atoms with Gasteiger partial charge in [-0.15, -0.1) is 0 Å². The second-order valence-electron chi connectivity index (χ2n) is 10.4. The van der Waals surface area contributed by atoms with E-state index in [1.165, 1.54) is 4.90 Å². The van der Waals surface area contributed by atoms with Crippen LogP contribution in [0.25, 0.3) is 11.1 Å². The first-order valence-electron chi connectivity index (χ1n) is 13.1. The summed E-state index contributed by atoms with van der Waals surface area (Å²) < 4.78 is 16.6. The zero-order chi connectivity index (χ0) is 27.0. The van der Waals surface area contributed by atoms with Crippen molar-refractivity contribution in [3.05, 3.63) is 59.7 Å². The Hall–Kier alpha value is -3.35. The van der Waals surface area contributed by atoms with Crippen LogP contribution in [-0.4, -0.2) is 54.3 Å². The largest absolute Gasteiger partial charge is 0.460 e. The molecule has 0 fully saturated rings. The number of fused-ring (bicyclic) bond motifs is 3. The van der Waals surface area contributed by atoms with E-state index in [9.17, 15) is 14.4 Å². The molecule has 37 heavy (non-hydrogen) atoms.